The molecule has 3 radical (unpaired) electrons. The molecule has 0 heterocycles. The van der Waals surface area contributed by atoms with Crippen molar-refractivity contribution in [3.8, 4) is 5.75 Å². The lowest BCUT2D eigenvalue weighted by Gasteiger charge is -2.15. The van der Waals surface area contributed by atoms with Gasteiger partial charge in [-0.1, -0.05) is 0 Å². The second kappa shape index (κ2) is 4.58. The van der Waals surface area contributed by atoms with Gasteiger partial charge in [0.1, 0.15) is 5.75 Å². The van der Waals surface area contributed by atoms with E-state index in [-0.39, 0.29) is 10.9 Å². The Kier molecular flexibility index (Phi) is 3.82. The minimum absolute atomic E-state index is 0.186. The lowest BCUT2D eigenvalue weighted by molar-refractivity contribution is -0.0499. The highest BCUT2D eigenvalue weighted by Crippen LogP contribution is 2.27. The quantitative estimate of drug-likeness (QED) is 0.473. The Morgan fingerprint density at radius 1 is 1.17 bits per heavy atom. The maximum absolute atomic E-state index is 12.2. The van der Waals surface area contributed by atoms with E-state index in [1.54, 1.807) is 20.8 Å². The zero-order chi connectivity index (χ0) is 14.3. The Morgan fingerprint density at radius 3 is 2.11 bits per heavy atom. The van der Waals surface area contributed by atoms with Crippen molar-refractivity contribution in [1.82, 2.24) is 0 Å². The minimum atomic E-state index is -5.65. The molecule has 18 heavy (non-hydrogen) atoms. The summed E-state index contributed by atoms with van der Waals surface area (Å²) in [4.78, 5) is 0. The highest BCUT2D eigenvalue weighted by Gasteiger charge is 2.48. The maximum atomic E-state index is 12.2. The van der Waals surface area contributed by atoms with Crippen LogP contribution in [0, 0.1) is 20.8 Å². The van der Waals surface area contributed by atoms with Crippen LogP contribution in [0.3, 0.4) is 0 Å². The maximum Gasteiger partial charge on any atom is 0.534 e. The van der Waals surface area contributed by atoms with Crippen LogP contribution in [0.5, 0.6) is 5.75 Å². The number of alkyl halides is 3. The van der Waals surface area contributed by atoms with Gasteiger partial charge in [0.05, 0.1) is 10.2 Å². The van der Waals surface area contributed by atoms with E-state index in [1.807, 2.05) is 0 Å². The molecule has 0 unspecified atom stereocenters. The predicted octanol–water partition coefficient (Wildman–Crippen LogP) is 1.63. The van der Waals surface area contributed by atoms with Gasteiger partial charge in [0.25, 0.3) is 0 Å². The molecule has 0 aliphatic rings. The summed E-state index contributed by atoms with van der Waals surface area (Å²) in [6.07, 6.45) is 0. The fourth-order valence-corrected chi connectivity index (χ4v) is 2.12. The molecule has 0 saturated carbocycles. The first-order valence-electron chi connectivity index (χ1n) is 4.80. The molecule has 1 rings (SSSR count). The molecule has 0 atom stereocenters. The van der Waals surface area contributed by atoms with Crippen LogP contribution in [0.4, 0.5) is 13.2 Å². The van der Waals surface area contributed by atoms with Crippen molar-refractivity contribution < 1.29 is 25.8 Å². The molecule has 99 valence electrons. The van der Waals surface area contributed by atoms with Gasteiger partial charge in [-0.25, -0.2) is 0 Å². The van der Waals surface area contributed by atoms with Crippen molar-refractivity contribution in [2.45, 2.75) is 26.3 Å². The fourth-order valence-electron chi connectivity index (χ4n) is 1.28. The Hall–Kier alpha value is -1.02. The van der Waals surface area contributed by atoms with Crippen molar-refractivity contribution in [3.05, 3.63) is 22.8 Å². The molecular formula is C10H10F3O3SSi. The molecule has 0 aliphatic heterocycles. The van der Waals surface area contributed by atoms with Crippen LogP contribution in [-0.2, 0) is 10.1 Å². The fraction of sp³-hybridized carbons (Fsp3) is 0.400. The Labute approximate surface area is 107 Å². The summed E-state index contributed by atoms with van der Waals surface area (Å²) in [5, 5.41) is 0.186. The van der Waals surface area contributed by atoms with Gasteiger partial charge >= 0.3 is 15.6 Å². The van der Waals surface area contributed by atoms with Gasteiger partial charge in [-0.2, -0.15) is 21.6 Å². The molecule has 0 aromatic heterocycles. The minimum Gasteiger partial charge on any atom is -0.376 e. The highest BCUT2D eigenvalue weighted by atomic mass is 32.2. The number of hydrogen-bond acceptors (Lipinski definition) is 3. The highest BCUT2D eigenvalue weighted by molar-refractivity contribution is 7.88. The largest absolute Gasteiger partial charge is 0.534 e. The van der Waals surface area contributed by atoms with Crippen molar-refractivity contribution >= 4 is 25.5 Å². The van der Waals surface area contributed by atoms with E-state index in [1.165, 1.54) is 6.07 Å². The van der Waals surface area contributed by atoms with Gasteiger partial charge in [-0.05, 0) is 48.7 Å². The van der Waals surface area contributed by atoms with Crippen molar-refractivity contribution in [1.29, 1.82) is 0 Å². The third kappa shape index (κ3) is 2.69. The second-order valence-corrected chi connectivity index (χ2v) is 5.84. The van der Waals surface area contributed by atoms with E-state index in [0.29, 0.717) is 11.1 Å². The van der Waals surface area contributed by atoms with Gasteiger partial charge in [0.15, 0.2) is 0 Å². The smallest absolute Gasteiger partial charge is 0.376 e. The SMILES string of the molecule is Cc1cc(OS(=O)(=O)C(F)(F)F)c([Si])c(C)c1C. The van der Waals surface area contributed by atoms with E-state index in [2.05, 4.69) is 14.4 Å². The molecule has 0 bridgehead atoms. The Morgan fingerprint density at radius 2 is 1.67 bits per heavy atom. The zero-order valence-electron chi connectivity index (χ0n) is 9.84. The van der Waals surface area contributed by atoms with Crippen LogP contribution in [0.1, 0.15) is 16.7 Å². The summed E-state index contributed by atoms with van der Waals surface area (Å²) in [5.41, 5.74) is -3.34. The van der Waals surface area contributed by atoms with E-state index >= 15 is 0 Å². The molecule has 1 aromatic rings. The van der Waals surface area contributed by atoms with Crippen LogP contribution in [0.15, 0.2) is 6.07 Å². The van der Waals surface area contributed by atoms with Crippen molar-refractivity contribution in [2.75, 3.05) is 0 Å². The van der Waals surface area contributed by atoms with Crippen LogP contribution in [-0.4, -0.2) is 24.2 Å². The molecule has 3 nitrogen and oxygen atoms in total. The Bertz CT molecular complexity index is 579. The summed E-state index contributed by atoms with van der Waals surface area (Å²) in [6.45, 7) is 5.08. The van der Waals surface area contributed by atoms with E-state index in [9.17, 15) is 21.6 Å². The van der Waals surface area contributed by atoms with E-state index in [4.69, 9.17) is 0 Å². The topological polar surface area (TPSA) is 43.4 Å². The first-order valence-corrected chi connectivity index (χ1v) is 6.71. The van der Waals surface area contributed by atoms with Gasteiger partial charge in [-0.3, -0.25) is 0 Å². The first kappa shape index (κ1) is 15.0. The average Bonchev–Trinajstić information content (AvgIpc) is 2.21. The number of rotatable bonds is 2. The van der Waals surface area contributed by atoms with Gasteiger partial charge in [-0.15, -0.1) is 0 Å². The van der Waals surface area contributed by atoms with Gasteiger partial charge in [0.2, 0.25) is 0 Å². The summed E-state index contributed by atoms with van der Waals surface area (Å²) in [7, 11) is -2.57. The molecule has 0 aliphatic carbocycles. The standard InChI is InChI=1S/C10H10F3O3SSi/c1-5-4-8(9(18)7(3)6(5)2)16-17(14,15)10(11,12)13/h4H,1-3H3. The van der Waals surface area contributed by atoms with E-state index < -0.39 is 15.6 Å². The lowest BCUT2D eigenvalue weighted by Crippen LogP contribution is -2.30. The van der Waals surface area contributed by atoms with Crippen molar-refractivity contribution in [2.24, 2.45) is 0 Å². The molecule has 0 N–H and O–H groups in total. The lowest BCUT2D eigenvalue weighted by atomic mass is 10.0. The van der Waals surface area contributed by atoms with Crippen LogP contribution in [0.25, 0.3) is 0 Å². The van der Waals surface area contributed by atoms with Crippen molar-refractivity contribution in [3.63, 3.8) is 0 Å². The summed E-state index contributed by atoms with van der Waals surface area (Å²) in [5.74, 6) is -0.371. The molecule has 1 aromatic carbocycles. The third-order valence-electron chi connectivity index (χ3n) is 2.61. The Balaban J connectivity index is 3.31. The monoisotopic (exact) mass is 295 g/mol. The average molecular weight is 295 g/mol. The van der Waals surface area contributed by atoms with E-state index in [0.717, 1.165) is 5.56 Å². The summed E-state index contributed by atoms with van der Waals surface area (Å²) < 4.78 is 62.5. The number of halogens is 3. The first-order chi connectivity index (χ1) is 7.97. The van der Waals surface area contributed by atoms with Gasteiger partial charge < -0.3 is 4.18 Å². The summed E-state index contributed by atoms with van der Waals surface area (Å²) in [6, 6.07) is 1.24. The summed E-state index contributed by atoms with van der Waals surface area (Å²) >= 11 is 0. The molecular weight excluding hydrogens is 285 g/mol. The van der Waals surface area contributed by atoms with Crippen LogP contribution < -0.4 is 9.37 Å². The second-order valence-electron chi connectivity index (χ2n) is 3.80. The zero-order valence-corrected chi connectivity index (χ0v) is 11.7. The molecule has 0 spiro atoms. The van der Waals surface area contributed by atoms with Crippen LogP contribution in [0.2, 0.25) is 0 Å². The third-order valence-corrected chi connectivity index (χ3v) is 4.19. The predicted molar refractivity (Wildman–Crippen MR) is 61.6 cm³/mol. The molecule has 0 amide bonds. The number of benzene rings is 1. The molecule has 8 heteroatoms. The van der Waals surface area contributed by atoms with Gasteiger partial charge in [0, 0.05) is 0 Å². The molecule has 0 fully saturated rings. The van der Waals surface area contributed by atoms with Crippen LogP contribution >= 0.6 is 0 Å². The number of hydrogen-bond donors (Lipinski definition) is 0. The number of aryl methyl sites for hydroxylation is 1. The molecule has 0 saturated heterocycles. The normalized spacial score (nSPS) is 12.6.